The number of amides is 1. The lowest BCUT2D eigenvalue weighted by atomic mass is 10.0. The van der Waals surface area contributed by atoms with Crippen LogP contribution in [0.2, 0.25) is 0 Å². The molecule has 0 saturated carbocycles. The first kappa shape index (κ1) is 20.5. The zero-order chi connectivity index (χ0) is 20.9. The third-order valence-electron chi connectivity index (χ3n) is 5.49. The molecule has 2 aliphatic rings. The van der Waals surface area contributed by atoms with E-state index in [1.54, 1.807) is 14.2 Å². The summed E-state index contributed by atoms with van der Waals surface area (Å²) in [5, 5.41) is 3.52. The third-order valence-corrected chi connectivity index (χ3v) is 5.49. The fraction of sp³-hybridized carbons (Fsp3) is 0.435. The molecule has 160 valence electrons. The summed E-state index contributed by atoms with van der Waals surface area (Å²) in [6.07, 6.45) is 1.73. The fourth-order valence-corrected chi connectivity index (χ4v) is 3.96. The molecular formula is C23H28N2O5. The summed E-state index contributed by atoms with van der Waals surface area (Å²) in [5.41, 5.74) is 2.43. The van der Waals surface area contributed by atoms with Crippen LogP contribution in [0.25, 0.3) is 0 Å². The number of nitrogens with one attached hydrogen (secondary N) is 1. The predicted octanol–water partition coefficient (Wildman–Crippen LogP) is 3.47. The molecule has 1 amide bonds. The summed E-state index contributed by atoms with van der Waals surface area (Å²) < 4.78 is 22.2. The Morgan fingerprint density at radius 3 is 2.77 bits per heavy atom. The highest BCUT2D eigenvalue weighted by atomic mass is 16.5. The summed E-state index contributed by atoms with van der Waals surface area (Å²) >= 11 is 0. The largest absolute Gasteiger partial charge is 0.493 e. The maximum Gasteiger partial charge on any atom is 0.257 e. The van der Waals surface area contributed by atoms with Gasteiger partial charge in [0.2, 0.25) is 0 Å². The van der Waals surface area contributed by atoms with Crippen molar-refractivity contribution < 1.29 is 23.7 Å². The van der Waals surface area contributed by atoms with Crippen molar-refractivity contribution in [2.24, 2.45) is 0 Å². The summed E-state index contributed by atoms with van der Waals surface area (Å²) in [4.78, 5) is 15.2. The number of rotatable bonds is 8. The van der Waals surface area contributed by atoms with Gasteiger partial charge in [0.1, 0.15) is 12.8 Å². The van der Waals surface area contributed by atoms with Gasteiger partial charge < -0.3 is 29.2 Å². The molecule has 2 heterocycles. The molecule has 1 saturated heterocycles. The first-order valence-corrected chi connectivity index (χ1v) is 10.3. The molecule has 0 spiro atoms. The van der Waals surface area contributed by atoms with E-state index in [1.807, 2.05) is 47.4 Å². The average Bonchev–Trinajstić information content (AvgIpc) is 3.29. The Bertz CT molecular complexity index is 882. The normalized spacial score (nSPS) is 20.6. The number of anilines is 1. The van der Waals surface area contributed by atoms with Crippen LogP contribution in [0, 0.1) is 0 Å². The minimum Gasteiger partial charge on any atom is -0.493 e. The second kappa shape index (κ2) is 9.36. The Balaban J connectivity index is 1.64. The summed E-state index contributed by atoms with van der Waals surface area (Å²) in [7, 11) is 3.25. The number of carbonyl (C=O) groups excluding carboxylic acids is 1. The molecule has 2 unspecified atom stereocenters. The Kier molecular flexibility index (Phi) is 6.40. The van der Waals surface area contributed by atoms with Crippen LogP contribution in [0.3, 0.4) is 0 Å². The van der Waals surface area contributed by atoms with E-state index < -0.39 is 0 Å². The van der Waals surface area contributed by atoms with Crippen molar-refractivity contribution in [3.63, 3.8) is 0 Å². The van der Waals surface area contributed by atoms with Crippen LogP contribution in [0.4, 0.5) is 5.69 Å². The van der Waals surface area contributed by atoms with E-state index in [0.717, 1.165) is 30.7 Å². The number of methoxy groups -OCH3 is 2. The molecule has 0 aliphatic carbocycles. The van der Waals surface area contributed by atoms with Crippen molar-refractivity contribution >= 4 is 11.6 Å². The SMILES string of the molecule is COCCOc1ccc(C2Nc3ccccc3C(=O)N2CC2CCCO2)cc1OC. The Hall–Kier alpha value is -2.77. The summed E-state index contributed by atoms with van der Waals surface area (Å²) in [6, 6.07) is 13.4. The molecule has 0 bridgehead atoms. The first-order chi connectivity index (χ1) is 14.7. The van der Waals surface area contributed by atoms with Crippen molar-refractivity contribution in [2.45, 2.75) is 25.1 Å². The molecule has 7 heteroatoms. The lowest BCUT2D eigenvalue weighted by Gasteiger charge is -2.39. The van der Waals surface area contributed by atoms with Gasteiger partial charge in [0, 0.05) is 25.9 Å². The molecule has 2 aromatic rings. The second-order valence-electron chi connectivity index (χ2n) is 7.44. The topological polar surface area (TPSA) is 69.3 Å². The van der Waals surface area contributed by atoms with Crippen molar-refractivity contribution in [3.8, 4) is 11.5 Å². The number of ether oxygens (including phenoxy) is 4. The van der Waals surface area contributed by atoms with E-state index in [0.29, 0.717) is 36.8 Å². The van der Waals surface area contributed by atoms with Gasteiger partial charge in [-0.1, -0.05) is 18.2 Å². The molecule has 1 N–H and O–H groups in total. The van der Waals surface area contributed by atoms with Gasteiger partial charge in [-0.25, -0.2) is 0 Å². The lowest BCUT2D eigenvalue weighted by molar-refractivity contribution is 0.0426. The lowest BCUT2D eigenvalue weighted by Crippen LogP contribution is -2.46. The number of hydrogen-bond acceptors (Lipinski definition) is 6. The van der Waals surface area contributed by atoms with E-state index in [1.165, 1.54) is 0 Å². The van der Waals surface area contributed by atoms with Crippen LogP contribution >= 0.6 is 0 Å². The Morgan fingerprint density at radius 1 is 1.13 bits per heavy atom. The highest BCUT2D eigenvalue weighted by molar-refractivity contribution is 6.01. The van der Waals surface area contributed by atoms with E-state index in [9.17, 15) is 4.79 Å². The zero-order valence-electron chi connectivity index (χ0n) is 17.4. The molecule has 0 aromatic heterocycles. The summed E-state index contributed by atoms with van der Waals surface area (Å²) in [6.45, 7) is 2.22. The van der Waals surface area contributed by atoms with Crippen LogP contribution in [0.1, 0.15) is 34.9 Å². The van der Waals surface area contributed by atoms with Gasteiger partial charge in [0.25, 0.3) is 5.91 Å². The van der Waals surface area contributed by atoms with Crippen molar-refractivity contribution in [3.05, 3.63) is 53.6 Å². The first-order valence-electron chi connectivity index (χ1n) is 10.3. The van der Waals surface area contributed by atoms with Crippen LogP contribution in [0.15, 0.2) is 42.5 Å². The molecule has 2 atom stereocenters. The minimum atomic E-state index is -0.321. The van der Waals surface area contributed by atoms with Crippen LogP contribution in [-0.4, -0.2) is 57.5 Å². The van der Waals surface area contributed by atoms with Gasteiger partial charge in [0.05, 0.1) is 25.4 Å². The maximum absolute atomic E-state index is 13.3. The third kappa shape index (κ3) is 4.22. The number of carbonyl (C=O) groups is 1. The van der Waals surface area contributed by atoms with Gasteiger partial charge in [-0.3, -0.25) is 4.79 Å². The van der Waals surface area contributed by atoms with Gasteiger partial charge in [-0.2, -0.15) is 0 Å². The predicted molar refractivity (Wildman–Crippen MR) is 113 cm³/mol. The van der Waals surface area contributed by atoms with Crippen LogP contribution in [0.5, 0.6) is 11.5 Å². The van der Waals surface area contributed by atoms with Gasteiger partial charge in [-0.15, -0.1) is 0 Å². The number of fused-ring (bicyclic) bond motifs is 1. The van der Waals surface area contributed by atoms with E-state index in [2.05, 4.69) is 5.32 Å². The number of para-hydroxylation sites is 1. The molecule has 1 fully saturated rings. The highest BCUT2D eigenvalue weighted by Crippen LogP contribution is 2.37. The summed E-state index contributed by atoms with van der Waals surface area (Å²) in [5.74, 6) is 1.27. The molecule has 30 heavy (non-hydrogen) atoms. The molecule has 0 radical (unpaired) electrons. The van der Waals surface area contributed by atoms with Crippen LogP contribution < -0.4 is 14.8 Å². The molecular weight excluding hydrogens is 384 g/mol. The van der Waals surface area contributed by atoms with Crippen LogP contribution in [-0.2, 0) is 9.47 Å². The van der Waals surface area contributed by atoms with E-state index >= 15 is 0 Å². The molecule has 4 rings (SSSR count). The fourth-order valence-electron chi connectivity index (χ4n) is 3.96. The second-order valence-corrected chi connectivity index (χ2v) is 7.44. The van der Waals surface area contributed by atoms with E-state index in [-0.39, 0.29) is 18.2 Å². The number of benzene rings is 2. The number of nitrogens with zero attached hydrogens (tertiary/aromatic N) is 1. The maximum atomic E-state index is 13.3. The van der Waals surface area contributed by atoms with Crippen molar-refractivity contribution in [2.75, 3.05) is 45.9 Å². The van der Waals surface area contributed by atoms with Gasteiger partial charge >= 0.3 is 0 Å². The van der Waals surface area contributed by atoms with Crippen molar-refractivity contribution in [1.82, 2.24) is 4.90 Å². The molecule has 2 aromatic carbocycles. The quantitative estimate of drug-likeness (QED) is 0.670. The standard InChI is InChI=1S/C23H28N2O5/c1-27-12-13-30-20-10-9-16(14-21(20)28-2)22-24-19-8-4-3-7-18(19)23(26)25(22)15-17-6-5-11-29-17/h3-4,7-10,14,17,22,24H,5-6,11-13,15H2,1-2H3. The Labute approximate surface area is 176 Å². The monoisotopic (exact) mass is 412 g/mol. The van der Waals surface area contributed by atoms with Crippen molar-refractivity contribution in [1.29, 1.82) is 0 Å². The van der Waals surface area contributed by atoms with E-state index in [4.69, 9.17) is 18.9 Å². The Morgan fingerprint density at radius 2 is 2.00 bits per heavy atom. The molecule has 7 nitrogen and oxygen atoms in total. The number of hydrogen-bond donors (Lipinski definition) is 1. The highest BCUT2D eigenvalue weighted by Gasteiger charge is 2.35. The van der Waals surface area contributed by atoms with Gasteiger partial charge in [0.15, 0.2) is 11.5 Å². The smallest absolute Gasteiger partial charge is 0.257 e. The van der Waals surface area contributed by atoms with Gasteiger partial charge in [-0.05, 0) is 42.7 Å². The zero-order valence-corrected chi connectivity index (χ0v) is 17.4. The average molecular weight is 412 g/mol. The minimum absolute atomic E-state index is 0.00392. The molecule has 2 aliphatic heterocycles.